The van der Waals surface area contributed by atoms with Gasteiger partial charge in [0, 0.05) is 24.3 Å². The van der Waals surface area contributed by atoms with Crippen LogP contribution in [0.5, 0.6) is 0 Å². The van der Waals surface area contributed by atoms with Crippen LogP contribution in [-0.2, 0) is 6.42 Å². The number of benzene rings is 1. The van der Waals surface area contributed by atoms with E-state index in [-0.39, 0.29) is 0 Å². The fourth-order valence-corrected chi connectivity index (χ4v) is 3.23. The first-order chi connectivity index (χ1) is 9.74. The summed E-state index contributed by atoms with van der Waals surface area (Å²) in [5.74, 6) is 0. The Hall–Kier alpha value is -1.02. The third kappa shape index (κ3) is 3.99. The van der Waals surface area contributed by atoms with Crippen molar-refractivity contribution in [1.29, 1.82) is 0 Å². The molecule has 1 heterocycles. The van der Waals surface area contributed by atoms with Gasteiger partial charge < -0.3 is 10.2 Å². The van der Waals surface area contributed by atoms with Crippen molar-refractivity contribution in [3.63, 3.8) is 0 Å². The Bertz CT molecular complexity index is 385. The topological polar surface area (TPSA) is 15.3 Å². The van der Waals surface area contributed by atoms with E-state index < -0.39 is 0 Å². The lowest BCUT2D eigenvalue weighted by molar-refractivity contribution is 0.369. The van der Waals surface area contributed by atoms with E-state index in [9.17, 15) is 0 Å². The zero-order valence-electron chi connectivity index (χ0n) is 13.4. The zero-order valence-corrected chi connectivity index (χ0v) is 13.4. The van der Waals surface area contributed by atoms with Gasteiger partial charge in [0.1, 0.15) is 0 Å². The first-order valence-electron chi connectivity index (χ1n) is 8.33. The highest BCUT2D eigenvalue weighted by Crippen LogP contribution is 2.25. The largest absolute Gasteiger partial charge is 0.369 e. The first-order valence-corrected chi connectivity index (χ1v) is 8.33. The van der Waals surface area contributed by atoms with Gasteiger partial charge in [0.25, 0.3) is 0 Å². The maximum Gasteiger partial charge on any atom is 0.0368 e. The van der Waals surface area contributed by atoms with Crippen LogP contribution < -0.4 is 10.2 Å². The van der Waals surface area contributed by atoms with E-state index in [0.717, 1.165) is 6.54 Å². The molecule has 0 saturated carbocycles. The lowest BCUT2D eigenvalue weighted by Gasteiger charge is -2.39. The Balaban J connectivity index is 1.93. The monoisotopic (exact) mass is 274 g/mol. The van der Waals surface area contributed by atoms with Crippen LogP contribution >= 0.6 is 0 Å². The molecule has 112 valence electrons. The van der Waals surface area contributed by atoms with Crippen LogP contribution in [0.25, 0.3) is 0 Å². The van der Waals surface area contributed by atoms with Crippen molar-refractivity contribution in [3.8, 4) is 0 Å². The van der Waals surface area contributed by atoms with Gasteiger partial charge in [-0.2, -0.15) is 0 Å². The zero-order chi connectivity index (χ0) is 14.4. The molecular formula is C18H30N2. The minimum atomic E-state index is 0.634. The van der Waals surface area contributed by atoms with Gasteiger partial charge in [0.05, 0.1) is 0 Å². The number of nitrogens with one attached hydrogen (secondary N) is 1. The second-order valence-corrected chi connectivity index (χ2v) is 6.13. The molecule has 1 saturated heterocycles. The van der Waals surface area contributed by atoms with Crippen molar-refractivity contribution in [2.24, 2.45) is 0 Å². The number of piperidine rings is 1. The highest BCUT2D eigenvalue weighted by molar-refractivity contribution is 5.49. The number of nitrogens with zero attached hydrogens (tertiary/aromatic N) is 1. The highest BCUT2D eigenvalue weighted by Gasteiger charge is 2.24. The number of hydrogen-bond acceptors (Lipinski definition) is 2. The molecule has 2 unspecified atom stereocenters. The van der Waals surface area contributed by atoms with Gasteiger partial charge >= 0.3 is 0 Å². The van der Waals surface area contributed by atoms with Gasteiger partial charge in [-0.3, -0.25) is 0 Å². The SMILES string of the molecule is CCCNC1CCN(c2ccc(CCC)cc2)C(C)C1. The molecule has 2 heteroatoms. The van der Waals surface area contributed by atoms with E-state index in [1.54, 1.807) is 0 Å². The number of anilines is 1. The third-order valence-corrected chi connectivity index (χ3v) is 4.37. The summed E-state index contributed by atoms with van der Waals surface area (Å²) in [6.07, 6.45) is 6.17. The average molecular weight is 274 g/mol. The van der Waals surface area contributed by atoms with Crippen molar-refractivity contribution >= 4 is 5.69 Å². The molecule has 0 bridgehead atoms. The van der Waals surface area contributed by atoms with Gasteiger partial charge in [-0.05, 0) is 56.8 Å². The van der Waals surface area contributed by atoms with Crippen LogP contribution in [0.1, 0.15) is 52.0 Å². The molecule has 0 spiro atoms. The van der Waals surface area contributed by atoms with Crippen molar-refractivity contribution < 1.29 is 0 Å². The van der Waals surface area contributed by atoms with Gasteiger partial charge in [0.15, 0.2) is 0 Å². The van der Waals surface area contributed by atoms with Crippen LogP contribution in [0, 0.1) is 0 Å². The summed E-state index contributed by atoms with van der Waals surface area (Å²) in [5, 5.41) is 3.67. The summed E-state index contributed by atoms with van der Waals surface area (Å²) in [5.41, 5.74) is 2.86. The first kappa shape index (κ1) is 15.4. The number of aryl methyl sites for hydroxylation is 1. The summed E-state index contributed by atoms with van der Waals surface area (Å²) in [6.45, 7) is 9.17. The maximum absolute atomic E-state index is 3.67. The Labute approximate surface area is 124 Å². The van der Waals surface area contributed by atoms with Gasteiger partial charge in [0.2, 0.25) is 0 Å². The molecule has 1 aliphatic rings. The van der Waals surface area contributed by atoms with Crippen molar-refractivity contribution in [1.82, 2.24) is 5.32 Å². The van der Waals surface area contributed by atoms with Gasteiger partial charge in [-0.1, -0.05) is 32.4 Å². The van der Waals surface area contributed by atoms with E-state index in [1.807, 2.05) is 0 Å². The Morgan fingerprint density at radius 3 is 2.50 bits per heavy atom. The smallest absolute Gasteiger partial charge is 0.0368 e. The molecule has 1 N–H and O–H groups in total. The Kier molecular flexibility index (Phi) is 5.90. The molecule has 0 radical (unpaired) electrons. The van der Waals surface area contributed by atoms with Crippen LogP contribution in [0.4, 0.5) is 5.69 Å². The quantitative estimate of drug-likeness (QED) is 0.843. The van der Waals surface area contributed by atoms with E-state index in [4.69, 9.17) is 0 Å². The third-order valence-electron chi connectivity index (χ3n) is 4.37. The molecule has 0 aliphatic carbocycles. The molecular weight excluding hydrogens is 244 g/mol. The number of hydrogen-bond donors (Lipinski definition) is 1. The van der Waals surface area contributed by atoms with Crippen LogP contribution in [0.3, 0.4) is 0 Å². The normalized spacial score (nSPS) is 23.1. The van der Waals surface area contributed by atoms with Crippen LogP contribution in [0.2, 0.25) is 0 Å². The Morgan fingerprint density at radius 2 is 1.90 bits per heavy atom. The van der Waals surface area contributed by atoms with E-state index in [0.29, 0.717) is 12.1 Å². The second kappa shape index (κ2) is 7.68. The van der Waals surface area contributed by atoms with Gasteiger partial charge in [-0.15, -0.1) is 0 Å². The molecule has 1 aliphatic heterocycles. The summed E-state index contributed by atoms with van der Waals surface area (Å²) in [4.78, 5) is 2.57. The fraction of sp³-hybridized carbons (Fsp3) is 0.667. The molecule has 2 atom stereocenters. The maximum atomic E-state index is 3.67. The van der Waals surface area contributed by atoms with Crippen LogP contribution in [0.15, 0.2) is 24.3 Å². The minimum Gasteiger partial charge on any atom is -0.369 e. The fourth-order valence-electron chi connectivity index (χ4n) is 3.23. The molecule has 1 aromatic rings. The summed E-state index contributed by atoms with van der Waals surface area (Å²) >= 11 is 0. The van der Waals surface area contributed by atoms with Crippen LogP contribution in [-0.4, -0.2) is 25.2 Å². The molecule has 2 nitrogen and oxygen atoms in total. The van der Waals surface area contributed by atoms with E-state index >= 15 is 0 Å². The summed E-state index contributed by atoms with van der Waals surface area (Å²) < 4.78 is 0. The van der Waals surface area contributed by atoms with Crippen molar-refractivity contribution in [2.75, 3.05) is 18.0 Å². The summed E-state index contributed by atoms with van der Waals surface area (Å²) in [7, 11) is 0. The Morgan fingerprint density at radius 1 is 1.15 bits per heavy atom. The predicted molar refractivity (Wildman–Crippen MR) is 88.6 cm³/mol. The van der Waals surface area contributed by atoms with Gasteiger partial charge in [-0.25, -0.2) is 0 Å². The molecule has 0 amide bonds. The molecule has 2 rings (SSSR count). The van der Waals surface area contributed by atoms with Crippen molar-refractivity contribution in [2.45, 2.75) is 65.0 Å². The lowest BCUT2D eigenvalue weighted by atomic mass is 9.97. The van der Waals surface area contributed by atoms with E-state index in [1.165, 1.54) is 49.9 Å². The average Bonchev–Trinajstić information content (AvgIpc) is 2.47. The minimum absolute atomic E-state index is 0.634. The van der Waals surface area contributed by atoms with E-state index in [2.05, 4.69) is 55.3 Å². The molecule has 1 fully saturated rings. The highest BCUT2D eigenvalue weighted by atomic mass is 15.2. The van der Waals surface area contributed by atoms with Crippen molar-refractivity contribution in [3.05, 3.63) is 29.8 Å². The predicted octanol–water partition coefficient (Wildman–Crippen LogP) is 4.00. The second-order valence-electron chi connectivity index (χ2n) is 6.13. The summed E-state index contributed by atoms with van der Waals surface area (Å²) in [6, 6.07) is 10.6. The number of rotatable bonds is 6. The molecule has 0 aromatic heterocycles. The lowest BCUT2D eigenvalue weighted by Crippen LogP contribution is -2.47. The standard InChI is InChI=1S/C18H30N2/c1-4-6-16-7-9-18(10-8-16)20-13-11-17(14-15(20)3)19-12-5-2/h7-10,15,17,19H,4-6,11-14H2,1-3H3. The molecule has 1 aromatic carbocycles. The molecule has 20 heavy (non-hydrogen) atoms.